The van der Waals surface area contributed by atoms with Crippen LogP contribution in [0.3, 0.4) is 0 Å². The number of para-hydroxylation sites is 1. The summed E-state index contributed by atoms with van der Waals surface area (Å²) in [4.78, 5) is 12.4. The number of amides is 1. The van der Waals surface area contributed by atoms with E-state index >= 15 is 0 Å². The van der Waals surface area contributed by atoms with Crippen LogP contribution >= 0.6 is 0 Å². The van der Waals surface area contributed by atoms with Crippen molar-refractivity contribution >= 4 is 21.6 Å². The van der Waals surface area contributed by atoms with Crippen LogP contribution in [0.1, 0.15) is 22.8 Å². The summed E-state index contributed by atoms with van der Waals surface area (Å²) >= 11 is 0. The van der Waals surface area contributed by atoms with Crippen LogP contribution in [0.4, 0.5) is 10.1 Å². The van der Waals surface area contributed by atoms with E-state index in [-0.39, 0.29) is 33.7 Å². The largest absolute Gasteiger partial charge is 0.350 e. The van der Waals surface area contributed by atoms with Gasteiger partial charge in [0.25, 0.3) is 15.9 Å². The molecule has 0 aliphatic heterocycles. The monoisotopic (exact) mass is 379 g/mol. The zero-order chi connectivity index (χ0) is 19.3. The standard InChI is InChI=1S/C18H22FN3O3S/c1-12-10-14(19)8-9-17(12)26(24,25)22-16-7-5-4-6-15(16)18(23)21-11-13(2)20-3/h4-10,13,20,22H,11H2,1-3H3,(H,21,23). The van der Waals surface area contributed by atoms with Gasteiger partial charge in [-0.2, -0.15) is 0 Å². The molecule has 0 radical (unpaired) electrons. The lowest BCUT2D eigenvalue weighted by Gasteiger charge is -2.15. The van der Waals surface area contributed by atoms with E-state index in [9.17, 15) is 17.6 Å². The van der Waals surface area contributed by atoms with Gasteiger partial charge in [0, 0.05) is 12.6 Å². The van der Waals surface area contributed by atoms with Gasteiger partial charge in [-0.15, -0.1) is 0 Å². The van der Waals surface area contributed by atoms with Crippen molar-refractivity contribution in [1.82, 2.24) is 10.6 Å². The summed E-state index contributed by atoms with van der Waals surface area (Å²) in [5, 5.41) is 5.75. The van der Waals surface area contributed by atoms with E-state index in [1.165, 1.54) is 25.1 Å². The zero-order valence-corrected chi connectivity index (χ0v) is 15.7. The maximum atomic E-state index is 13.2. The molecular formula is C18H22FN3O3S. The molecule has 0 saturated heterocycles. The molecule has 140 valence electrons. The molecule has 0 saturated carbocycles. The minimum Gasteiger partial charge on any atom is -0.350 e. The van der Waals surface area contributed by atoms with E-state index in [2.05, 4.69) is 15.4 Å². The first-order valence-electron chi connectivity index (χ1n) is 8.08. The molecule has 0 aliphatic carbocycles. The Bertz CT molecular complexity index is 900. The third kappa shape index (κ3) is 4.80. The molecule has 1 amide bonds. The number of nitrogens with one attached hydrogen (secondary N) is 3. The van der Waals surface area contributed by atoms with Crippen LogP contribution in [-0.2, 0) is 10.0 Å². The highest BCUT2D eigenvalue weighted by atomic mass is 32.2. The van der Waals surface area contributed by atoms with Gasteiger partial charge in [-0.25, -0.2) is 12.8 Å². The van der Waals surface area contributed by atoms with E-state index in [0.29, 0.717) is 6.54 Å². The highest BCUT2D eigenvalue weighted by Gasteiger charge is 2.20. The van der Waals surface area contributed by atoms with Crippen molar-refractivity contribution in [3.63, 3.8) is 0 Å². The van der Waals surface area contributed by atoms with Gasteiger partial charge < -0.3 is 10.6 Å². The van der Waals surface area contributed by atoms with Crippen molar-refractivity contribution in [2.24, 2.45) is 0 Å². The third-order valence-corrected chi connectivity index (χ3v) is 5.43. The number of halogens is 1. The summed E-state index contributed by atoms with van der Waals surface area (Å²) in [6, 6.07) is 9.82. The van der Waals surface area contributed by atoms with E-state index < -0.39 is 15.8 Å². The zero-order valence-electron chi connectivity index (χ0n) is 14.8. The van der Waals surface area contributed by atoms with Crippen LogP contribution < -0.4 is 15.4 Å². The first kappa shape index (κ1) is 19.9. The Labute approximate surface area is 152 Å². The quantitative estimate of drug-likeness (QED) is 0.689. The van der Waals surface area contributed by atoms with Crippen molar-refractivity contribution < 1.29 is 17.6 Å². The second kappa shape index (κ2) is 8.29. The van der Waals surface area contributed by atoms with E-state index in [0.717, 1.165) is 12.1 Å². The Balaban J connectivity index is 2.28. The average Bonchev–Trinajstić information content (AvgIpc) is 2.59. The molecule has 0 aromatic heterocycles. The molecule has 1 atom stereocenters. The Hall–Kier alpha value is -2.45. The van der Waals surface area contributed by atoms with Gasteiger partial charge in [-0.3, -0.25) is 9.52 Å². The first-order valence-corrected chi connectivity index (χ1v) is 9.56. The van der Waals surface area contributed by atoms with Crippen molar-refractivity contribution in [3.8, 4) is 0 Å². The summed E-state index contributed by atoms with van der Waals surface area (Å²) in [7, 11) is -2.18. The highest BCUT2D eigenvalue weighted by molar-refractivity contribution is 7.92. The van der Waals surface area contributed by atoms with E-state index in [4.69, 9.17) is 0 Å². The second-order valence-electron chi connectivity index (χ2n) is 5.96. The van der Waals surface area contributed by atoms with Crippen LogP contribution in [0.25, 0.3) is 0 Å². The summed E-state index contributed by atoms with van der Waals surface area (Å²) in [6.07, 6.45) is 0. The number of hydrogen-bond acceptors (Lipinski definition) is 4. The number of benzene rings is 2. The Morgan fingerprint density at radius 1 is 1.19 bits per heavy atom. The SMILES string of the molecule is CNC(C)CNC(=O)c1ccccc1NS(=O)(=O)c1ccc(F)cc1C. The summed E-state index contributed by atoms with van der Waals surface area (Å²) in [5.74, 6) is -0.902. The number of aryl methyl sites for hydroxylation is 1. The van der Waals surface area contributed by atoms with Gasteiger partial charge >= 0.3 is 0 Å². The topological polar surface area (TPSA) is 87.3 Å². The molecule has 0 bridgehead atoms. The minimum atomic E-state index is -3.96. The Morgan fingerprint density at radius 3 is 2.54 bits per heavy atom. The van der Waals surface area contributed by atoms with Gasteiger partial charge in [0.05, 0.1) is 16.1 Å². The van der Waals surface area contributed by atoms with Crippen molar-refractivity contribution in [2.45, 2.75) is 24.8 Å². The molecule has 3 N–H and O–H groups in total. The number of carbonyl (C=O) groups is 1. The minimum absolute atomic E-state index is 0.0436. The molecule has 1 unspecified atom stereocenters. The predicted octanol–water partition coefficient (Wildman–Crippen LogP) is 2.27. The van der Waals surface area contributed by atoms with Crippen LogP contribution in [0.15, 0.2) is 47.4 Å². The lowest BCUT2D eigenvalue weighted by molar-refractivity contribution is 0.0951. The molecule has 6 nitrogen and oxygen atoms in total. The molecule has 2 rings (SSSR count). The van der Waals surface area contributed by atoms with Crippen molar-refractivity contribution in [2.75, 3.05) is 18.3 Å². The Morgan fingerprint density at radius 2 is 1.88 bits per heavy atom. The van der Waals surface area contributed by atoms with Gasteiger partial charge in [0.2, 0.25) is 0 Å². The Kier molecular flexibility index (Phi) is 6.33. The third-order valence-electron chi connectivity index (χ3n) is 3.90. The number of hydrogen-bond donors (Lipinski definition) is 3. The fraction of sp³-hybridized carbons (Fsp3) is 0.278. The van der Waals surface area contributed by atoms with Gasteiger partial charge in [-0.1, -0.05) is 12.1 Å². The molecular weight excluding hydrogens is 357 g/mol. The molecule has 2 aromatic carbocycles. The number of rotatable bonds is 7. The van der Waals surface area contributed by atoms with E-state index in [1.54, 1.807) is 19.2 Å². The lowest BCUT2D eigenvalue weighted by Crippen LogP contribution is -2.37. The van der Waals surface area contributed by atoms with Crippen molar-refractivity contribution in [3.05, 3.63) is 59.4 Å². The summed E-state index contributed by atoms with van der Waals surface area (Å²) < 4.78 is 40.9. The molecule has 2 aromatic rings. The highest BCUT2D eigenvalue weighted by Crippen LogP contribution is 2.22. The normalized spacial score (nSPS) is 12.5. The number of sulfonamides is 1. The summed E-state index contributed by atoms with van der Waals surface area (Å²) in [6.45, 7) is 3.81. The molecule has 0 aliphatic rings. The van der Waals surface area contributed by atoms with Crippen molar-refractivity contribution in [1.29, 1.82) is 0 Å². The van der Waals surface area contributed by atoms with Crippen LogP contribution in [0.2, 0.25) is 0 Å². The summed E-state index contributed by atoms with van der Waals surface area (Å²) in [5.41, 5.74) is 0.646. The predicted molar refractivity (Wildman–Crippen MR) is 99.2 cm³/mol. The van der Waals surface area contributed by atoms with Crippen LogP contribution in [-0.4, -0.2) is 34.0 Å². The number of likely N-dealkylation sites (N-methyl/N-ethyl adjacent to an activating group) is 1. The molecule has 0 heterocycles. The number of carbonyl (C=O) groups excluding carboxylic acids is 1. The molecule has 0 spiro atoms. The maximum Gasteiger partial charge on any atom is 0.262 e. The first-order chi connectivity index (χ1) is 12.2. The van der Waals surface area contributed by atoms with E-state index in [1.807, 2.05) is 6.92 Å². The average molecular weight is 379 g/mol. The van der Waals surface area contributed by atoms with Crippen LogP contribution in [0.5, 0.6) is 0 Å². The lowest BCUT2D eigenvalue weighted by atomic mass is 10.1. The molecule has 8 heteroatoms. The fourth-order valence-electron chi connectivity index (χ4n) is 2.33. The number of anilines is 1. The molecule has 26 heavy (non-hydrogen) atoms. The fourth-order valence-corrected chi connectivity index (χ4v) is 3.63. The second-order valence-corrected chi connectivity index (χ2v) is 7.61. The van der Waals surface area contributed by atoms with Crippen LogP contribution in [0, 0.1) is 12.7 Å². The van der Waals surface area contributed by atoms with Gasteiger partial charge in [-0.05, 0) is 56.8 Å². The molecule has 0 fully saturated rings. The smallest absolute Gasteiger partial charge is 0.262 e. The van der Waals surface area contributed by atoms with Gasteiger partial charge in [0.15, 0.2) is 0 Å². The maximum absolute atomic E-state index is 13.2. The van der Waals surface area contributed by atoms with Gasteiger partial charge in [0.1, 0.15) is 5.82 Å².